The van der Waals surface area contributed by atoms with Gasteiger partial charge in [-0.15, -0.1) is 0 Å². The van der Waals surface area contributed by atoms with Crippen LogP contribution in [0.25, 0.3) is 0 Å². The summed E-state index contributed by atoms with van der Waals surface area (Å²) >= 11 is 0. The van der Waals surface area contributed by atoms with E-state index in [4.69, 9.17) is 4.74 Å². The molecule has 0 bridgehead atoms. The van der Waals surface area contributed by atoms with Crippen molar-refractivity contribution in [1.82, 2.24) is 5.32 Å². The van der Waals surface area contributed by atoms with Gasteiger partial charge >= 0.3 is 0 Å². The zero-order valence-electron chi connectivity index (χ0n) is 8.92. The first-order valence-corrected chi connectivity index (χ1v) is 5.02. The van der Waals surface area contributed by atoms with Crippen LogP contribution in [-0.4, -0.2) is 13.7 Å². The van der Waals surface area contributed by atoms with Crippen LogP contribution in [0.15, 0.2) is 24.3 Å². The molecule has 0 saturated heterocycles. The summed E-state index contributed by atoms with van der Waals surface area (Å²) in [5.41, 5.74) is 1.26. The van der Waals surface area contributed by atoms with Gasteiger partial charge in [0.05, 0.1) is 7.11 Å². The molecule has 1 rings (SSSR count). The van der Waals surface area contributed by atoms with E-state index in [0.29, 0.717) is 0 Å². The Bertz CT molecular complexity index is 260. The van der Waals surface area contributed by atoms with E-state index < -0.39 is 0 Å². The maximum absolute atomic E-state index is 5.15. The molecule has 0 heterocycles. The van der Waals surface area contributed by atoms with Gasteiger partial charge in [0.1, 0.15) is 5.75 Å². The van der Waals surface area contributed by atoms with Crippen LogP contribution in [0, 0.1) is 6.42 Å². The highest BCUT2D eigenvalue weighted by Crippen LogP contribution is 2.11. The highest BCUT2D eigenvalue weighted by molar-refractivity contribution is 5.28. The summed E-state index contributed by atoms with van der Waals surface area (Å²) in [5.74, 6) is 0.920. The number of ether oxygens (including phenoxy) is 1. The van der Waals surface area contributed by atoms with Crippen molar-refractivity contribution in [2.24, 2.45) is 0 Å². The molecule has 0 fully saturated rings. The smallest absolute Gasteiger partial charge is 0.119 e. The number of unbranched alkanes of at least 4 members (excludes halogenated alkanes) is 1. The topological polar surface area (TPSA) is 21.3 Å². The second-order valence-electron chi connectivity index (χ2n) is 3.18. The molecule has 0 unspecified atom stereocenters. The van der Waals surface area contributed by atoms with Gasteiger partial charge in [0.2, 0.25) is 0 Å². The number of hydrogen-bond acceptors (Lipinski definition) is 2. The third-order valence-corrected chi connectivity index (χ3v) is 2.04. The molecule has 0 aliphatic carbocycles. The summed E-state index contributed by atoms with van der Waals surface area (Å²) in [4.78, 5) is 0. The SMILES string of the molecule is CC[CH]CNCc1cccc(OC)c1. The molecule has 0 spiro atoms. The van der Waals surface area contributed by atoms with Crippen molar-refractivity contribution < 1.29 is 4.74 Å². The molecule has 1 N–H and O–H groups in total. The summed E-state index contributed by atoms with van der Waals surface area (Å²) in [6.45, 7) is 4.01. The standard InChI is InChI=1S/C12H18NO/c1-3-4-8-13-10-11-6-5-7-12(9-11)14-2/h4-7,9,13H,3,8,10H2,1-2H3. The maximum atomic E-state index is 5.15. The van der Waals surface area contributed by atoms with Crippen molar-refractivity contribution in [3.8, 4) is 5.75 Å². The molecular formula is C12H18NO. The lowest BCUT2D eigenvalue weighted by atomic mass is 10.2. The number of nitrogens with one attached hydrogen (secondary N) is 1. The first-order chi connectivity index (χ1) is 6.86. The van der Waals surface area contributed by atoms with Gasteiger partial charge in [-0.3, -0.25) is 0 Å². The Morgan fingerprint density at radius 1 is 1.43 bits per heavy atom. The second kappa shape index (κ2) is 6.44. The van der Waals surface area contributed by atoms with Crippen LogP contribution in [0.2, 0.25) is 0 Å². The van der Waals surface area contributed by atoms with Gasteiger partial charge in [0.25, 0.3) is 0 Å². The summed E-state index contributed by atoms with van der Waals surface area (Å²) in [7, 11) is 1.69. The van der Waals surface area contributed by atoms with Crippen LogP contribution in [0.3, 0.4) is 0 Å². The molecule has 0 atom stereocenters. The molecule has 0 aromatic heterocycles. The van der Waals surface area contributed by atoms with E-state index in [1.807, 2.05) is 12.1 Å². The van der Waals surface area contributed by atoms with Crippen LogP contribution in [0.1, 0.15) is 18.9 Å². The minimum absolute atomic E-state index is 0.897. The molecule has 0 saturated carbocycles. The molecule has 14 heavy (non-hydrogen) atoms. The van der Waals surface area contributed by atoms with Gasteiger partial charge in [0.15, 0.2) is 0 Å². The fourth-order valence-corrected chi connectivity index (χ4v) is 1.25. The first kappa shape index (κ1) is 11.1. The summed E-state index contributed by atoms with van der Waals surface area (Å²) < 4.78 is 5.15. The van der Waals surface area contributed by atoms with Crippen molar-refractivity contribution in [3.05, 3.63) is 36.2 Å². The number of hydrogen-bond donors (Lipinski definition) is 1. The largest absolute Gasteiger partial charge is 0.497 e. The van der Waals surface area contributed by atoms with Gasteiger partial charge in [-0.25, -0.2) is 0 Å². The zero-order chi connectivity index (χ0) is 10.2. The monoisotopic (exact) mass is 192 g/mol. The maximum Gasteiger partial charge on any atom is 0.119 e. The molecular weight excluding hydrogens is 174 g/mol. The lowest BCUT2D eigenvalue weighted by Gasteiger charge is -2.05. The van der Waals surface area contributed by atoms with Gasteiger partial charge in [0, 0.05) is 6.54 Å². The third-order valence-electron chi connectivity index (χ3n) is 2.04. The predicted octanol–water partition coefficient (Wildman–Crippen LogP) is 2.40. The molecule has 0 amide bonds. The minimum atomic E-state index is 0.897. The average molecular weight is 192 g/mol. The van der Waals surface area contributed by atoms with Gasteiger partial charge in [-0.1, -0.05) is 25.5 Å². The van der Waals surface area contributed by atoms with Crippen LogP contribution in [0.5, 0.6) is 5.75 Å². The van der Waals surface area contributed by atoms with Crippen molar-refractivity contribution in [3.63, 3.8) is 0 Å². The van der Waals surface area contributed by atoms with E-state index in [0.717, 1.165) is 25.3 Å². The van der Waals surface area contributed by atoms with Gasteiger partial charge < -0.3 is 10.1 Å². The molecule has 77 valence electrons. The molecule has 2 heteroatoms. The minimum Gasteiger partial charge on any atom is -0.497 e. The third kappa shape index (κ3) is 3.79. The average Bonchev–Trinajstić information content (AvgIpc) is 2.25. The summed E-state index contributed by atoms with van der Waals surface area (Å²) in [6, 6.07) is 8.13. The fourth-order valence-electron chi connectivity index (χ4n) is 1.25. The fraction of sp³-hybridized carbons (Fsp3) is 0.417. The molecule has 0 aliphatic rings. The highest BCUT2D eigenvalue weighted by atomic mass is 16.5. The van der Waals surface area contributed by atoms with Crippen LogP contribution < -0.4 is 10.1 Å². The van der Waals surface area contributed by atoms with Crippen LogP contribution in [-0.2, 0) is 6.54 Å². The van der Waals surface area contributed by atoms with E-state index in [1.165, 1.54) is 5.56 Å². The number of methoxy groups -OCH3 is 1. The lowest BCUT2D eigenvalue weighted by Crippen LogP contribution is -2.14. The predicted molar refractivity (Wildman–Crippen MR) is 59.3 cm³/mol. The van der Waals surface area contributed by atoms with Crippen molar-refractivity contribution in [1.29, 1.82) is 0 Å². The molecule has 1 aromatic rings. The van der Waals surface area contributed by atoms with E-state index in [2.05, 4.69) is 30.8 Å². The summed E-state index contributed by atoms with van der Waals surface area (Å²) in [6.07, 6.45) is 3.34. The molecule has 2 nitrogen and oxygen atoms in total. The number of benzene rings is 1. The first-order valence-electron chi connectivity index (χ1n) is 5.02. The number of rotatable bonds is 6. The normalized spacial score (nSPS) is 10.1. The van der Waals surface area contributed by atoms with Crippen molar-refractivity contribution >= 4 is 0 Å². The van der Waals surface area contributed by atoms with Gasteiger partial charge in [-0.2, -0.15) is 0 Å². The Morgan fingerprint density at radius 3 is 3.00 bits per heavy atom. The Morgan fingerprint density at radius 2 is 2.29 bits per heavy atom. The Hall–Kier alpha value is -1.02. The Kier molecular flexibility index (Phi) is 5.08. The highest BCUT2D eigenvalue weighted by Gasteiger charge is 1.94. The van der Waals surface area contributed by atoms with E-state index >= 15 is 0 Å². The molecule has 1 aromatic carbocycles. The second-order valence-corrected chi connectivity index (χ2v) is 3.18. The van der Waals surface area contributed by atoms with Crippen LogP contribution >= 0.6 is 0 Å². The van der Waals surface area contributed by atoms with Crippen molar-refractivity contribution in [2.45, 2.75) is 19.9 Å². The summed E-state index contributed by atoms with van der Waals surface area (Å²) in [5, 5.41) is 3.34. The Balaban J connectivity index is 2.34. The molecule has 0 aliphatic heterocycles. The van der Waals surface area contributed by atoms with Gasteiger partial charge in [-0.05, 0) is 30.7 Å². The van der Waals surface area contributed by atoms with E-state index in [1.54, 1.807) is 7.11 Å². The quantitative estimate of drug-likeness (QED) is 0.699. The van der Waals surface area contributed by atoms with E-state index in [9.17, 15) is 0 Å². The zero-order valence-corrected chi connectivity index (χ0v) is 8.92. The van der Waals surface area contributed by atoms with Crippen molar-refractivity contribution in [2.75, 3.05) is 13.7 Å². The Labute approximate surface area is 86.3 Å². The lowest BCUT2D eigenvalue weighted by molar-refractivity contribution is 0.414. The van der Waals surface area contributed by atoms with E-state index in [-0.39, 0.29) is 0 Å². The molecule has 1 radical (unpaired) electrons. The van der Waals surface area contributed by atoms with Crippen LogP contribution in [0.4, 0.5) is 0 Å².